The summed E-state index contributed by atoms with van der Waals surface area (Å²) in [4.78, 5) is 45.0. The van der Waals surface area contributed by atoms with Crippen LogP contribution in [-0.4, -0.2) is 113 Å². The summed E-state index contributed by atoms with van der Waals surface area (Å²) in [6, 6.07) is -1.04. The molecule has 192 valence electrons. The van der Waals surface area contributed by atoms with E-state index in [2.05, 4.69) is 0 Å². The Hall–Kier alpha value is -2.89. The van der Waals surface area contributed by atoms with Crippen LogP contribution in [0.25, 0.3) is 0 Å². The Morgan fingerprint density at radius 3 is 1.06 bits per heavy atom. The van der Waals surface area contributed by atoms with Crippen molar-refractivity contribution in [2.45, 2.75) is 65.3 Å². The Bertz CT molecular complexity index is 445. The standard InChI is InChI=1S/C6H13NO5.5C2H4O2/c7-3-5(10)4(9)2(1-8)12-6(3)11;5*1-2(3)4/h2-6,8-11H,1,7H2;5*1H3,(H,3,4)/t2-,3+,4-,5-,6?;;;;;/m1...../s1. The molecule has 16 heteroatoms. The number of hydrogen-bond donors (Lipinski definition) is 10. The van der Waals surface area contributed by atoms with Gasteiger partial charge in [0, 0.05) is 34.6 Å². The number of carboxylic acid groups (broad SMARTS) is 5. The van der Waals surface area contributed by atoms with Gasteiger partial charge in [-0.05, 0) is 0 Å². The monoisotopic (exact) mass is 479 g/mol. The molecule has 1 saturated heterocycles. The molecule has 32 heavy (non-hydrogen) atoms. The number of carbonyl (C=O) groups is 5. The maximum Gasteiger partial charge on any atom is 0.300 e. The number of carboxylic acids is 5. The van der Waals surface area contributed by atoms with E-state index in [4.69, 9.17) is 70.2 Å². The minimum Gasteiger partial charge on any atom is -0.481 e. The molecule has 16 nitrogen and oxygen atoms in total. The van der Waals surface area contributed by atoms with Crippen LogP contribution in [0.4, 0.5) is 0 Å². The van der Waals surface area contributed by atoms with Crippen molar-refractivity contribution in [1.29, 1.82) is 0 Å². The molecule has 0 aromatic heterocycles. The summed E-state index contributed by atoms with van der Waals surface area (Å²) in [6.07, 6.45) is -4.85. The molecule has 11 N–H and O–H groups in total. The Balaban J connectivity index is -0.000000102. The van der Waals surface area contributed by atoms with Crippen molar-refractivity contribution < 1.29 is 74.7 Å². The minimum absolute atomic E-state index is 0.470. The van der Waals surface area contributed by atoms with Gasteiger partial charge in [-0.15, -0.1) is 0 Å². The van der Waals surface area contributed by atoms with Gasteiger partial charge < -0.3 is 56.4 Å². The summed E-state index contributed by atoms with van der Waals surface area (Å²) in [5.41, 5.74) is 5.26. The molecule has 1 heterocycles. The van der Waals surface area contributed by atoms with Gasteiger partial charge in [0.2, 0.25) is 0 Å². The van der Waals surface area contributed by atoms with Gasteiger partial charge >= 0.3 is 0 Å². The van der Waals surface area contributed by atoms with Crippen molar-refractivity contribution >= 4 is 29.8 Å². The maximum absolute atomic E-state index is 9.20. The van der Waals surface area contributed by atoms with E-state index in [1.807, 2.05) is 0 Å². The van der Waals surface area contributed by atoms with E-state index in [0.717, 1.165) is 34.6 Å². The molecular weight excluding hydrogens is 446 g/mol. The fourth-order valence-electron chi connectivity index (χ4n) is 1.12. The Kier molecular flexibility index (Phi) is 30.1. The quantitative estimate of drug-likeness (QED) is 0.181. The van der Waals surface area contributed by atoms with Crippen molar-refractivity contribution in [3.63, 3.8) is 0 Å². The zero-order chi connectivity index (χ0) is 27.2. The molecule has 0 aromatic carbocycles. The number of ether oxygens (including phenoxy) is 1. The third-order valence-corrected chi connectivity index (χ3v) is 1.95. The third-order valence-electron chi connectivity index (χ3n) is 1.95. The highest BCUT2D eigenvalue weighted by Gasteiger charge is 2.41. The third kappa shape index (κ3) is 50.6. The SMILES string of the molecule is CC(=O)O.CC(=O)O.CC(=O)O.CC(=O)O.CC(=O)O.N[C@@H]1C(O)O[C@H](CO)[C@@H](O)[C@@H]1O. The van der Waals surface area contributed by atoms with Crippen LogP contribution in [-0.2, 0) is 28.7 Å². The van der Waals surface area contributed by atoms with E-state index < -0.39 is 67.1 Å². The van der Waals surface area contributed by atoms with Crippen molar-refractivity contribution in [3.05, 3.63) is 0 Å². The minimum atomic E-state index is -1.35. The number of rotatable bonds is 1. The molecule has 0 spiro atoms. The summed E-state index contributed by atoms with van der Waals surface area (Å²) in [6.45, 7) is 4.95. The number of aliphatic hydroxyl groups excluding tert-OH is 4. The molecule has 0 saturated carbocycles. The molecule has 1 unspecified atom stereocenters. The fourth-order valence-corrected chi connectivity index (χ4v) is 1.12. The highest BCUT2D eigenvalue weighted by atomic mass is 16.6. The van der Waals surface area contributed by atoms with Crippen LogP contribution >= 0.6 is 0 Å². The van der Waals surface area contributed by atoms with E-state index in [9.17, 15) is 10.2 Å². The number of nitrogens with two attached hydrogens (primary N) is 1. The summed E-state index contributed by atoms with van der Waals surface area (Å²) < 4.78 is 4.70. The molecule has 0 aromatic rings. The second-order valence-corrected chi connectivity index (χ2v) is 5.40. The highest BCUT2D eigenvalue weighted by Crippen LogP contribution is 2.17. The summed E-state index contributed by atoms with van der Waals surface area (Å²) in [5, 5.41) is 73.1. The van der Waals surface area contributed by atoms with Gasteiger partial charge in [0.1, 0.15) is 18.3 Å². The second-order valence-electron chi connectivity index (χ2n) is 5.40. The van der Waals surface area contributed by atoms with Crippen LogP contribution in [0.1, 0.15) is 34.6 Å². The molecule has 0 radical (unpaired) electrons. The molecule has 1 aliphatic rings. The van der Waals surface area contributed by atoms with E-state index in [1.165, 1.54) is 0 Å². The molecule has 5 atom stereocenters. The zero-order valence-electron chi connectivity index (χ0n) is 18.1. The Morgan fingerprint density at radius 2 is 0.875 bits per heavy atom. The molecule has 0 aliphatic carbocycles. The predicted molar refractivity (Wildman–Crippen MR) is 105 cm³/mol. The fraction of sp³-hybridized carbons (Fsp3) is 0.688. The van der Waals surface area contributed by atoms with Gasteiger partial charge in [-0.2, -0.15) is 0 Å². The van der Waals surface area contributed by atoms with Crippen LogP contribution in [0.2, 0.25) is 0 Å². The molecule has 0 amide bonds. The molecule has 1 aliphatic heterocycles. The average Bonchev–Trinajstić information content (AvgIpc) is 2.53. The first-order valence-corrected chi connectivity index (χ1v) is 8.28. The normalized spacial score (nSPS) is 22.4. The lowest BCUT2D eigenvalue weighted by molar-refractivity contribution is -0.248. The van der Waals surface area contributed by atoms with Crippen molar-refractivity contribution in [2.24, 2.45) is 5.73 Å². The van der Waals surface area contributed by atoms with E-state index in [1.54, 1.807) is 0 Å². The first kappa shape index (κ1) is 39.6. The van der Waals surface area contributed by atoms with Crippen molar-refractivity contribution in [1.82, 2.24) is 0 Å². The lowest BCUT2D eigenvalue weighted by Crippen LogP contribution is -2.61. The van der Waals surface area contributed by atoms with Gasteiger partial charge in [-0.25, -0.2) is 0 Å². The summed E-state index contributed by atoms with van der Waals surface area (Å²) in [5.74, 6) is -4.17. The predicted octanol–water partition coefficient (Wildman–Crippen LogP) is -2.80. The molecular formula is C16H33NO15. The van der Waals surface area contributed by atoms with E-state index in [-0.39, 0.29) is 0 Å². The number of aliphatic hydroxyl groups is 4. The van der Waals surface area contributed by atoms with Gasteiger partial charge in [0.05, 0.1) is 12.6 Å². The Morgan fingerprint density at radius 1 is 0.656 bits per heavy atom. The van der Waals surface area contributed by atoms with Gasteiger partial charge in [0.15, 0.2) is 6.29 Å². The smallest absolute Gasteiger partial charge is 0.300 e. The topological polar surface area (TPSA) is 303 Å². The number of aliphatic carboxylic acids is 5. The summed E-state index contributed by atoms with van der Waals surface area (Å²) >= 11 is 0. The zero-order valence-corrected chi connectivity index (χ0v) is 18.1. The van der Waals surface area contributed by atoms with Crippen molar-refractivity contribution in [2.75, 3.05) is 6.61 Å². The highest BCUT2D eigenvalue weighted by molar-refractivity contribution is 5.63. The van der Waals surface area contributed by atoms with E-state index in [0.29, 0.717) is 0 Å². The molecule has 0 bridgehead atoms. The molecule has 1 fully saturated rings. The van der Waals surface area contributed by atoms with Gasteiger partial charge in [0.25, 0.3) is 29.8 Å². The van der Waals surface area contributed by atoms with Crippen LogP contribution in [0.5, 0.6) is 0 Å². The van der Waals surface area contributed by atoms with Crippen LogP contribution < -0.4 is 5.73 Å². The number of hydrogen-bond acceptors (Lipinski definition) is 11. The summed E-state index contributed by atoms with van der Waals surface area (Å²) in [7, 11) is 0. The van der Waals surface area contributed by atoms with Crippen LogP contribution in [0.15, 0.2) is 0 Å². The van der Waals surface area contributed by atoms with E-state index >= 15 is 0 Å². The van der Waals surface area contributed by atoms with Gasteiger partial charge in [-0.1, -0.05) is 0 Å². The van der Waals surface area contributed by atoms with Crippen molar-refractivity contribution in [3.8, 4) is 0 Å². The largest absolute Gasteiger partial charge is 0.481 e. The van der Waals surface area contributed by atoms with Crippen LogP contribution in [0.3, 0.4) is 0 Å². The Labute approximate surface area is 183 Å². The van der Waals surface area contributed by atoms with Crippen LogP contribution in [0, 0.1) is 0 Å². The first-order chi connectivity index (χ1) is 14.2. The lowest BCUT2D eigenvalue weighted by atomic mass is 9.98. The molecule has 1 rings (SSSR count). The maximum atomic E-state index is 9.20. The average molecular weight is 479 g/mol. The second kappa shape index (κ2) is 24.4. The van der Waals surface area contributed by atoms with Gasteiger partial charge in [-0.3, -0.25) is 24.0 Å². The lowest BCUT2D eigenvalue weighted by Gasteiger charge is -2.38. The first-order valence-electron chi connectivity index (χ1n) is 8.28.